The van der Waals surface area contributed by atoms with Gasteiger partial charge in [-0.05, 0) is 49.4 Å². The zero-order chi connectivity index (χ0) is 17.1. The summed E-state index contributed by atoms with van der Waals surface area (Å²) in [6, 6.07) is 0. The summed E-state index contributed by atoms with van der Waals surface area (Å²) in [5.74, 6) is 1.63. The molecule has 0 unspecified atom stereocenters. The highest BCUT2D eigenvalue weighted by molar-refractivity contribution is 7.84. The van der Waals surface area contributed by atoms with Crippen LogP contribution in [0.2, 0.25) is 0 Å². The second-order valence-corrected chi connectivity index (χ2v) is 9.73. The number of hydrogen-bond acceptors (Lipinski definition) is 3. The van der Waals surface area contributed by atoms with Crippen LogP contribution in [-0.2, 0) is 10.8 Å². The third-order valence-corrected chi connectivity index (χ3v) is 6.02. The molecular weight excluding hydrogens is 296 g/mol. The lowest BCUT2D eigenvalue weighted by molar-refractivity contribution is 0.199. The molecule has 0 aromatic carbocycles. The third kappa shape index (κ3) is 12.6. The van der Waals surface area contributed by atoms with Crippen molar-refractivity contribution >= 4 is 10.8 Å². The second kappa shape index (κ2) is 11.6. The van der Waals surface area contributed by atoms with Crippen LogP contribution in [0.4, 0.5) is 0 Å². The second-order valence-electron chi connectivity index (χ2n) is 8.04. The normalized spacial score (nSPS) is 13.0. The average molecular weight is 335 g/mol. The summed E-state index contributed by atoms with van der Waals surface area (Å²) >= 11 is 0. The highest BCUT2D eigenvalue weighted by Crippen LogP contribution is 2.28. The topological polar surface area (TPSA) is 57.5 Å². The Balaban J connectivity index is 3.63. The minimum Gasteiger partial charge on any atom is -0.396 e. The van der Waals surface area contributed by atoms with Crippen molar-refractivity contribution in [3.8, 4) is 0 Å². The van der Waals surface area contributed by atoms with Gasteiger partial charge in [-0.25, -0.2) is 0 Å². The van der Waals surface area contributed by atoms with Gasteiger partial charge in [-0.2, -0.15) is 0 Å². The number of unbranched alkanes of at least 4 members (excludes halogenated alkanes) is 2. The van der Waals surface area contributed by atoms with E-state index in [0.717, 1.165) is 62.9 Å². The molecule has 134 valence electrons. The lowest BCUT2D eigenvalue weighted by atomic mass is 9.84. The molecule has 0 rings (SSSR count). The van der Waals surface area contributed by atoms with Crippen molar-refractivity contribution < 1.29 is 14.4 Å². The fourth-order valence-corrected chi connectivity index (χ4v) is 3.95. The number of aliphatic hydroxyl groups excluding tert-OH is 2. The summed E-state index contributed by atoms with van der Waals surface area (Å²) in [4.78, 5) is 0. The van der Waals surface area contributed by atoms with Crippen LogP contribution in [0.15, 0.2) is 0 Å². The fourth-order valence-electron chi connectivity index (χ4n) is 2.69. The van der Waals surface area contributed by atoms with Gasteiger partial charge in [0.2, 0.25) is 0 Å². The summed E-state index contributed by atoms with van der Waals surface area (Å²) in [5.41, 5.74) is 0.406. The van der Waals surface area contributed by atoms with Crippen molar-refractivity contribution in [3.05, 3.63) is 0 Å². The molecule has 0 saturated heterocycles. The predicted molar refractivity (Wildman–Crippen MR) is 96.5 cm³/mol. The first-order valence-corrected chi connectivity index (χ1v) is 10.3. The molecule has 22 heavy (non-hydrogen) atoms. The van der Waals surface area contributed by atoms with Gasteiger partial charge in [-0.3, -0.25) is 4.21 Å². The molecule has 0 aromatic rings. The average Bonchev–Trinajstić information content (AvgIpc) is 2.40. The number of hydrogen-bond donors (Lipinski definition) is 2. The van der Waals surface area contributed by atoms with Crippen LogP contribution >= 0.6 is 0 Å². The highest BCUT2D eigenvalue weighted by atomic mass is 32.2. The van der Waals surface area contributed by atoms with E-state index in [1.807, 2.05) is 0 Å². The molecule has 0 atom stereocenters. The first kappa shape index (κ1) is 22.1. The van der Waals surface area contributed by atoms with E-state index in [1.54, 1.807) is 0 Å². The van der Waals surface area contributed by atoms with Crippen LogP contribution in [0, 0.1) is 10.8 Å². The van der Waals surface area contributed by atoms with Crippen LogP contribution < -0.4 is 0 Å². The Labute approximate surface area is 140 Å². The Bertz CT molecular complexity index is 273. The van der Waals surface area contributed by atoms with Crippen LogP contribution in [0.1, 0.15) is 79.1 Å². The van der Waals surface area contributed by atoms with E-state index in [9.17, 15) is 4.21 Å². The van der Waals surface area contributed by atoms with Crippen molar-refractivity contribution in [2.75, 3.05) is 24.7 Å². The minimum atomic E-state index is -0.683. The first-order chi connectivity index (χ1) is 10.2. The summed E-state index contributed by atoms with van der Waals surface area (Å²) in [6.07, 6.45) is 8.14. The molecule has 0 amide bonds. The standard InChI is InChI=1S/C18H38O3S/c1-17(2,11-13-19)9-5-7-15-22(21)16-8-6-10-18(3,4)12-14-20/h19-20H,5-16H2,1-4H3. The first-order valence-electron chi connectivity index (χ1n) is 8.79. The smallest absolute Gasteiger partial charge is 0.0436 e. The van der Waals surface area contributed by atoms with Crippen molar-refractivity contribution in [1.82, 2.24) is 0 Å². The fraction of sp³-hybridized carbons (Fsp3) is 1.00. The predicted octanol–water partition coefficient (Wildman–Crippen LogP) is 3.89. The zero-order valence-corrected chi connectivity index (χ0v) is 16.0. The van der Waals surface area contributed by atoms with Gasteiger partial charge in [0.05, 0.1) is 0 Å². The maximum absolute atomic E-state index is 12.0. The van der Waals surface area contributed by atoms with Crippen LogP contribution in [-0.4, -0.2) is 39.1 Å². The van der Waals surface area contributed by atoms with Crippen LogP contribution in [0.3, 0.4) is 0 Å². The van der Waals surface area contributed by atoms with Crippen molar-refractivity contribution in [1.29, 1.82) is 0 Å². The quantitative estimate of drug-likeness (QED) is 0.474. The van der Waals surface area contributed by atoms with Gasteiger partial charge in [0.25, 0.3) is 0 Å². The Morgan fingerprint density at radius 1 is 0.682 bits per heavy atom. The maximum Gasteiger partial charge on any atom is 0.0436 e. The van der Waals surface area contributed by atoms with Crippen molar-refractivity contribution in [2.45, 2.75) is 79.1 Å². The molecule has 0 aliphatic rings. The van der Waals surface area contributed by atoms with Gasteiger partial charge in [-0.1, -0.05) is 40.5 Å². The van der Waals surface area contributed by atoms with Gasteiger partial charge in [-0.15, -0.1) is 0 Å². The van der Waals surface area contributed by atoms with Gasteiger partial charge < -0.3 is 10.2 Å². The number of aliphatic hydroxyl groups is 2. The van der Waals surface area contributed by atoms with E-state index in [0.29, 0.717) is 0 Å². The Hall–Kier alpha value is 0.0700. The summed E-state index contributed by atoms with van der Waals surface area (Å²) in [6.45, 7) is 9.27. The van der Waals surface area contributed by atoms with Gasteiger partial charge in [0.15, 0.2) is 0 Å². The largest absolute Gasteiger partial charge is 0.396 e. The summed E-state index contributed by atoms with van der Waals surface area (Å²) in [5, 5.41) is 18.0. The van der Waals surface area contributed by atoms with E-state index < -0.39 is 10.8 Å². The van der Waals surface area contributed by atoms with Crippen molar-refractivity contribution in [2.24, 2.45) is 10.8 Å². The Kier molecular flexibility index (Phi) is 11.6. The summed E-state index contributed by atoms with van der Waals surface area (Å²) in [7, 11) is -0.683. The highest BCUT2D eigenvalue weighted by Gasteiger charge is 2.17. The van der Waals surface area contributed by atoms with Gasteiger partial charge in [0.1, 0.15) is 0 Å². The lowest BCUT2D eigenvalue weighted by Gasteiger charge is -2.23. The van der Waals surface area contributed by atoms with Gasteiger partial charge >= 0.3 is 0 Å². The molecule has 0 spiro atoms. The van der Waals surface area contributed by atoms with E-state index >= 15 is 0 Å². The van der Waals surface area contributed by atoms with Gasteiger partial charge in [0, 0.05) is 35.5 Å². The molecule has 0 aliphatic carbocycles. The Morgan fingerprint density at radius 3 is 1.36 bits per heavy atom. The molecule has 3 nitrogen and oxygen atoms in total. The molecule has 0 heterocycles. The molecule has 0 aliphatic heterocycles. The third-order valence-electron chi connectivity index (χ3n) is 4.53. The molecule has 4 heteroatoms. The minimum absolute atomic E-state index is 0.203. The maximum atomic E-state index is 12.0. The molecular formula is C18H38O3S. The van der Waals surface area contributed by atoms with E-state index in [-0.39, 0.29) is 24.0 Å². The van der Waals surface area contributed by atoms with Crippen molar-refractivity contribution in [3.63, 3.8) is 0 Å². The Morgan fingerprint density at radius 2 is 1.05 bits per heavy atom. The zero-order valence-electron chi connectivity index (χ0n) is 15.2. The molecule has 2 N–H and O–H groups in total. The SMILES string of the molecule is CC(C)(CCO)CCCCS(=O)CCCCC(C)(C)CCO. The monoisotopic (exact) mass is 334 g/mol. The summed E-state index contributed by atoms with van der Waals surface area (Å²) < 4.78 is 12.0. The molecule has 0 bridgehead atoms. The van der Waals surface area contributed by atoms with E-state index in [1.165, 1.54) is 0 Å². The molecule has 0 fully saturated rings. The number of rotatable bonds is 14. The molecule has 0 saturated carbocycles. The van der Waals surface area contributed by atoms with Crippen LogP contribution in [0.5, 0.6) is 0 Å². The van der Waals surface area contributed by atoms with Crippen LogP contribution in [0.25, 0.3) is 0 Å². The lowest BCUT2D eigenvalue weighted by Crippen LogP contribution is -2.14. The van der Waals surface area contributed by atoms with E-state index in [4.69, 9.17) is 10.2 Å². The van der Waals surface area contributed by atoms with E-state index in [2.05, 4.69) is 27.7 Å². The molecule has 0 radical (unpaired) electrons. The molecule has 0 aromatic heterocycles.